The molecule has 2 heterocycles. The van der Waals surface area contributed by atoms with Crippen molar-refractivity contribution in [1.29, 1.82) is 0 Å². The first kappa shape index (κ1) is 33.6. The minimum Gasteiger partial charge on any atom is -0.383 e. The Kier molecular flexibility index (Phi) is 12.7. The minimum absolute atomic E-state index is 0.227. The molecule has 0 aliphatic carbocycles. The van der Waals surface area contributed by atoms with E-state index < -0.39 is 15.1 Å². The summed E-state index contributed by atoms with van der Waals surface area (Å²) in [5.74, 6) is 0. The minimum atomic E-state index is -9.67. The summed E-state index contributed by atoms with van der Waals surface area (Å²) in [4.78, 5) is 11.7. The number of anilines is 1. The molecular weight excluding hydrogens is 491 g/mol. The third-order valence-corrected chi connectivity index (χ3v) is 6.94. The maximum atomic E-state index is 12.4. The molecule has 2 aliphatic rings. The molecule has 2 atom stereocenters. The van der Waals surface area contributed by atoms with E-state index in [0.29, 0.717) is 11.6 Å². The van der Waals surface area contributed by atoms with Gasteiger partial charge in [-0.1, -0.05) is 53.2 Å². The number of rotatable bonds is 8. The van der Waals surface area contributed by atoms with E-state index in [4.69, 9.17) is 9.47 Å². The molecule has 0 spiro atoms. The zero-order chi connectivity index (χ0) is 27.4. The smallest absolute Gasteiger partial charge is 0.310 e. The third-order valence-electron chi connectivity index (χ3n) is 5.80. The maximum absolute atomic E-state index is 12.4. The van der Waals surface area contributed by atoms with Crippen molar-refractivity contribution in [3.63, 3.8) is 0 Å². The van der Waals surface area contributed by atoms with E-state index in [1.807, 2.05) is 27.7 Å². The fourth-order valence-corrected chi connectivity index (χ4v) is 4.96. The largest absolute Gasteiger partial charge is 0.383 e. The molecular formula is C24H43F5N2O3S. The number of ether oxygens (including phenoxy) is 2. The van der Waals surface area contributed by atoms with E-state index in [2.05, 4.69) is 11.8 Å². The number of benzene rings is 1. The fourth-order valence-electron chi connectivity index (χ4n) is 4.28. The van der Waals surface area contributed by atoms with Gasteiger partial charge in [-0.25, -0.2) is 0 Å². The molecule has 11 heteroatoms. The lowest BCUT2D eigenvalue weighted by atomic mass is 9.95. The van der Waals surface area contributed by atoms with E-state index in [1.165, 1.54) is 32.2 Å². The van der Waals surface area contributed by atoms with E-state index in [0.717, 1.165) is 43.9 Å². The summed E-state index contributed by atoms with van der Waals surface area (Å²) in [5, 5.41) is 0. The Hall–Kier alpha value is -1.43. The summed E-state index contributed by atoms with van der Waals surface area (Å²) in [5.41, 5.74) is 0.111. The normalized spacial score (nSPS) is 23.1. The van der Waals surface area contributed by atoms with Crippen molar-refractivity contribution in [2.75, 3.05) is 45.4 Å². The Labute approximate surface area is 207 Å². The van der Waals surface area contributed by atoms with Gasteiger partial charge in [-0.05, 0) is 57.4 Å². The summed E-state index contributed by atoms with van der Waals surface area (Å²) in [6.45, 7) is 14.0. The molecule has 1 aromatic carbocycles. The molecule has 1 aromatic rings. The second kappa shape index (κ2) is 13.2. The third kappa shape index (κ3) is 9.86. The number of amides is 1. The number of hydrogen-bond acceptors (Lipinski definition) is 4. The van der Waals surface area contributed by atoms with E-state index in [-0.39, 0.29) is 24.2 Å². The summed E-state index contributed by atoms with van der Waals surface area (Å²) >= 11 is 0. The van der Waals surface area contributed by atoms with Gasteiger partial charge in [0.1, 0.15) is 4.90 Å². The van der Waals surface area contributed by atoms with Crippen molar-refractivity contribution < 1.29 is 33.7 Å². The van der Waals surface area contributed by atoms with Crippen LogP contribution in [0, 0.1) is 0 Å². The van der Waals surface area contributed by atoms with E-state index >= 15 is 0 Å². The molecule has 2 fully saturated rings. The van der Waals surface area contributed by atoms with Gasteiger partial charge < -0.3 is 14.4 Å². The predicted octanol–water partition coefficient (Wildman–Crippen LogP) is 7.66. The first-order valence-electron chi connectivity index (χ1n) is 12.1. The van der Waals surface area contributed by atoms with Gasteiger partial charge in [-0.3, -0.25) is 9.69 Å². The molecule has 0 N–H and O–H groups in total. The summed E-state index contributed by atoms with van der Waals surface area (Å²) in [6, 6.07) is 3.11. The quantitative estimate of drug-likeness (QED) is 0.254. The van der Waals surface area contributed by atoms with Crippen molar-refractivity contribution in [2.45, 2.75) is 76.8 Å². The molecule has 5 nitrogen and oxygen atoms in total. The van der Waals surface area contributed by atoms with Crippen LogP contribution in [0.5, 0.6) is 0 Å². The lowest BCUT2D eigenvalue weighted by molar-refractivity contribution is -0.107. The number of hydrogen-bond donors (Lipinski definition) is 0. The van der Waals surface area contributed by atoms with Crippen LogP contribution in [0.2, 0.25) is 0 Å². The van der Waals surface area contributed by atoms with Crippen molar-refractivity contribution in [1.82, 2.24) is 4.90 Å². The van der Waals surface area contributed by atoms with Crippen LogP contribution in [-0.4, -0.2) is 63.4 Å². The highest BCUT2D eigenvalue weighted by molar-refractivity contribution is 8.45. The summed E-state index contributed by atoms with van der Waals surface area (Å²) in [7, 11) is -6.70. The van der Waals surface area contributed by atoms with Crippen molar-refractivity contribution >= 4 is 22.3 Å². The highest BCUT2D eigenvalue weighted by Gasteiger charge is 2.65. The molecule has 2 saturated heterocycles. The monoisotopic (exact) mass is 534 g/mol. The first-order chi connectivity index (χ1) is 16.3. The molecule has 0 radical (unpaired) electrons. The lowest BCUT2D eigenvalue weighted by Gasteiger charge is -2.40. The van der Waals surface area contributed by atoms with Crippen molar-refractivity contribution in [3.05, 3.63) is 24.3 Å². The van der Waals surface area contributed by atoms with Gasteiger partial charge in [0, 0.05) is 38.0 Å². The maximum Gasteiger partial charge on any atom is 0.310 e. The molecule has 208 valence electrons. The number of halogens is 5. The van der Waals surface area contributed by atoms with Crippen LogP contribution in [0.25, 0.3) is 0 Å². The number of carbonyl (C=O) groups is 1. The average Bonchev–Trinajstić information content (AvgIpc) is 3.39. The Morgan fingerprint density at radius 2 is 1.77 bits per heavy atom. The van der Waals surface area contributed by atoms with Crippen LogP contribution >= 0.6 is 10.2 Å². The Morgan fingerprint density at radius 1 is 1.14 bits per heavy atom. The first-order valence-corrected chi connectivity index (χ1v) is 14.1. The van der Waals surface area contributed by atoms with Gasteiger partial charge in [0.15, 0.2) is 0 Å². The molecule has 2 unspecified atom stereocenters. The standard InChI is InChI=1S/C12H23NO2.C8H8F5NOS.2C2H6/c1-3-15-10-12-6-4-8-13(12)11(5-7-12)9-14-2;1-14(6-15)7-3-2-4-8(5-7)16(9,10,11,12)13;2*1-2/h11H,3-10H2,1-2H3;2-6H,1H3;2*1-2H3. The second-order valence-electron chi connectivity index (χ2n) is 7.99. The number of fused-ring (bicyclic) bond motifs is 1. The zero-order valence-corrected chi connectivity index (χ0v) is 22.9. The van der Waals surface area contributed by atoms with Crippen molar-refractivity contribution in [2.24, 2.45) is 0 Å². The number of nitrogens with zero attached hydrogens (tertiary/aromatic N) is 2. The van der Waals surface area contributed by atoms with Gasteiger partial charge in [0.05, 0.1) is 13.2 Å². The van der Waals surface area contributed by atoms with E-state index in [9.17, 15) is 24.2 Å². The summed E-state index contributed by atoms with van der Waals surface area (Å²) in [6.07, 6.45) is 5.44. The topological polar surface area (TPSA) is 42.0 Å². The fraction of sp³-hybridized carbons (Fsp3) is 0.708. The SMILES string of the molecule is CC.CC.CCOCC12CCCN1C(COC)CC2.CN(C=O)c1cccc(S(F)(F)(F)(F)F)c1. The predicted molar refractivity (Wildman–Crippen MR) is 135 cm³/mol. The molecule has 0 bridgehead atoms. The van der Waals surface area contributed by atoms with Gasteiger partial charge in [-0.15, -0.1) is 0 Å². The Bertz CT molecular complexity index is 767. The molecule has 35 heavy (non-hydrogen) atoms. The van der Waals surface area contributed by atoms with Crippen LogP contribution in [0.4, 0.5) is 25.1 Å². The highest BCUT2D eigenvalue weighted by atomic mass is 32.5. The number of carbonyl (C=O) groups excluding carboxylic acids is 1. The van der Waals surface area contributed by atoms with Crippen molar-refractivity contribution in [3.8, 4) is 0 Å². The Morgan fingerprint density at radius 3 is 2.29 bits per heavy atom. The van der Waals surface area contributed by atoms with Crippen LogP contribution in [0.3, 0.4) is 0 Å². The van der Waals surface area contributed by atoms with Crippen LogP contribution in [-0.2, 0) is 14.3 Å². The molecule has 2 aliphatic heterocycles. The van der Waals surface area contributed by atoms with Crippen LogP contribution < -0.4 is 4.90 Å². The van der Waals surface area contributed by atoms with Crippen LogP contribution in [0.1, 0.15) is 60.3 Å². The van der Waals surface area contributed by atoms with Gasteiger partial charge in [0.2, 0.25) is 6.41 Å². The lowest BCUT2D eigenvalue weighted by Crippen LogP contribution is -2.46. The highest BCUT2D eigenvalue weighted by Crippen LogP contribution is 3.02. The summed E-state index contributed by atoms with van der Waals surface area (Å²) < 4.78 is 72.9. The number of methoxy groups -OCH3 is 1. The van der Waals surface area contributed by atoms with Gasteiger partial charge >= 0.3 is 10.2 Å². The van der Waals surface area contributed by atoms with Gasteiger partial charge in [0.25, 0.3) is 0 Å². The van der Waals surface area contributed by atoms with Gasteiger partial charge in [-0.2, -0.15) is 0 Å². The average molecular weight is 535 g/mol. The molecule has 1 amide bonds. The Balaban J connectivity index is 0.000000579. The van der Waals surface area contributed by atoms with E-state index in [1.54, 1.807) is 7.11 Å². The molecule has 3 rings (SSSR count). The second-order valence-corrected chi connectivity index (χ2v) is 10.4. The molecule has 0 saturated carbocycles. The van der Waals surface area contributed by atoms with Crippen LogP contribution in [0.15, 0.2) is 29.2 Å². The molecule has 0 aromatic heterocycles. The zero-order valence-electron chi connectivity index (χ0n) is 22.0.